The third kappa shape index (κ3) is 2.47. The van der Waals surface area contributed by atoms with E-state index in [0.717, 1.165) is 10.7 Å². The quantitative estimate of drug-likeness (QED) is 0.752. The van der Waals surface area contributed by atoms with E-state index in [0.29, 0.717) is 6.04 Å². The Morgan fingerprint density at radius 2 is 2.14 bits per heavy atom. The molecule has 80 valence electrons. The maximum Gasteiger partial charge on any atom is 0.177 e. The predicted molar refractivity (Wildman–Crippen MR) is 63.1 cm³/mol. The van der Waals surface area contributed by atoms with Crippen LogP contribution in [0.15, 0.2) is 6.20 Å². The highest BCUT2D eigenvalue weighted by molar-refractivity contribution is 7.71. The van der Waals surface area contributed by atoms with Gasteiger partial charge in [-0.25, -0.2) is 0 Å². The number of rotatable bonds is 4. The van der Waals surface area contributed by atoms with Crippen LogP contribution >= 0.6 is 12.2 Å². The minimum atomic E-state index is 0.503. The number of H-pyrrole nitrogens is 1. The highest BCUT2D eigenvalue weighted by Gasteiger charge is 2.11. The summed E-state index contributed by atoms with van der Waals surface area (Å²) in [6.07, 6.45) is 4.42. The Morgan fingerprint density at radius 3 is 2.57 bits per heavy atom. The Hall–Kier alpha value is -0.570. The molecule has 0 amide bonds. The number of nitrogens with zero attached hydrogens (tertiary/aromatic N) is 1. The van der Waals surface area contributed by atoms with Crippen molar-refractivity contribution in [3.63, 3.8) is 0 Å². The van der Waals surface area contributed by atoms with Crippen molar-refractivity contribution in [1.29, 1.82) is 0 Å². The molecular formula is C11H20N2S. The summed E-state index contributed by atoms with van der Waals surface area (Å²) in [7, 11) is 0. The number of nitrogens with one attached hydrogen (secondary N) is 1. The van der Waals surface area contributed by atoms with Gasteiger partial charge in [0.2, 0.25) is 0 Å². The van der Waals surface area contributed by atoms with Crippen molar-refractivity contribution in [2.45, 2.75) is 46.6 Å². The average molecular weight is 212 g/mol. The van der Waals surface area contributed by atoms with Crippen LogP contribution in [0.4, 0.5) is 0 Å². The van der Waals surface area contributed by atoms with Crippen LogP contribution in [-0.2, 0) is 0 Å². The fourth-order valence-corrected chi connectivity index (χ4v) is 2.25. The van der Waals surface area contributed by atoms with Crippen LogP contribution in [0.2, 0.25) is 0 Å². The fraction of sp³-hybridized carbons (Fsp3) is 0.727. The number of hydrogen-bond acceptors (Lipinski definition) is 1. The molecule has 0 saturated heterocycles. The molecule has 0 bridgehead atoms. The maximum absolute atomic E-state index is 5.25. The van der Waals surface area contributed by atoms with Gasteiger partial charge in [-0.2, -0.15) is 0 Å². The van der Waals surface area contributed by atoms with E-state index in [1.165, 1.54) is 18.5 Å². The third-order valence-electron chi connectivity index (χ3n) is 2.88. The van der Waals surface area contributed by atoms with E-state index in [-0.39, 0.29) is 0 Å². The lowest BCUT2D eigenvalue weighted by Crippen LogP contribution is -2.10. The summed E-state index contributed by atoms with van der Waals surface area (Å²) in [6.45, 7) is 8.87. The Kier molecular flexibility index (Phi) is 3.93. The molecule has 0 saturated carbocycles. The Labute approximate surface area is 91.3 Å². The lowest BCUT2D eigenvalue weighted by atomic mass is 10.0. The second-order valence-corrected chi connectivity index (χ2v) is 4.59. The van der Waals surface area contributed by atoms with Gasteiger partial charge in [0.15, 0.2) is 4.77 Å². The molecule has 0 aliphatic heterocycles. The van der Waals surface area contributed by atoms with Crippen molar-refractivity contribution in [3.05, 3.63) is 16.7 Å². The smallest absolute Gasteiger partial charge is 0.177 e. The van der Waals surface area contributed by atoms with E-state index >= 15 is 0 Å². The van der Waals surface area contributed by atoms with Crippen LogP contribution in [0.3, 0.4) is 0 Å². The van der Waals surface area contributed by atoms with Crippen molar-refractivity contribution in [2.75, 3.05) is 0 Å². The lowest BCUT2D eigenvalue weighted by Gasteiger charge is -2.18. The molecule has 1 aromatic heterocycles. The molecule has 0 aliphatic carbocycles. The van der Waals surface area contributed by atoms with Crippen molar-refractivity contribution in [2.24, 2.45) is 5.92 Å². The van der Waals surface area contributed by atoms with E-state index in [1.807, 2.05) is 6.20 Å². The predicted octanol–water partition coefficient (Wildman–Crippen LogP) is 3.85. The van der Waals surface area contributed by atoms with Crippen LogP contribution in [-0.4, -0.2) is 9.55 Å². The summed E-state index contributed by atoms with van der Waals surface area (Å²) in [5.74, 6) is 0.765. The molecule has 3 heteroatoms. The summed E-state index contributed by atoms with van der Waals surface area (Å²) in [6, 6.07) is 0.503. The van der Waals surface area contributed by atoms with E-state index in [9.17, 15) is 0 Å². The van der Waals surface area contributed by atoms with Crippen LogP contribution in [0.5, 0.6) is 0 Å². The zero-order valence-corrected chi connectivity index (χ0v) is 10.3. The number of imidazole rings is 1. The van der Waals surface area contributed by atoms with Gasteiger partial charge in [0.1, 0.15) is 0 Å². The van der Waals surface area contributed by atoms with Crippen molar-refractivity contribution in [3.8, 4) is 0 Å². The second-order valence-electron chi connectivity index (χ2n) is 4.20. The fourth-order valence-electron chi connectivity index (χ4n) is 1.87. The first-order valence-corrected chi connectivity index (χ1v) is 5.73. The topological polar surface area (TPSA) is 20.7 Å². The second kappa shape index (κ2) is 4.78. The van der Waals surface area contributed by atoms with Gasteiger partial charge in [0, 0.05) is 17.9 Å². The molecule has 1 aromatic rings. The first kappa shape index (κ1) is 11.5. The number of aromatic amines is 1. The SMILES string of the molecule is CCC(C)CC(C)n1c(C)c[nH]c1=S. The molecule has 0 aromatic carbocycles. The largest absolute Gasteiger partial charge is 0.337 e. The standard InChI is InChI=1S/C11H20N2S/c1-5-8(2)6-9(3)13-10(4)7-12-11(13)14/h7-9H,5-6H2,1-4H3,(H,12,14). The molecule has 0 spiro atoms. The summed E-state index contributed by atoms with van der Waals surface area (Å²) < 4.78 is 3.06. The molecule has 2 unspecified atom stereocenters. The summed E-state index contributed by atoms with van der Waals surface area (Å²) in [5.41, 5.74) is 1.23. The molecule has 1 rings (SSSR count). The van der Waals surface area contributed by atoms with Crippen LogP contribution in [0.25, 0.3) is 0 Å². The van der Waals surface area contributed by atoms with E-state index in [4.69, 9.17) is 12.2 Å². The Balaban J connectivity index is 2.79. The van der Waals surface area contributed by atoms with Crippen LogP contribution < -0.4 is 0 Å². The summed E-state index contributed by atoms with van der Waals surface area (Å²) in [4.78, 5) is 3.09. The molecule has 0 fully saturated rings. The highest BCUT2D eigenvalue weighted by Crippen LogP contribution is 2.21. The maximum atomic E-state index is 5.25. The van der Waals surface area contributed by atoms with E-state index in [1.54, 1.807) is 0 Å². The van der Waals surface area contributed by atoms with Gasteiger partial charge < -0.3 is 9.55 Å². The monoisotopic (exact) mass is 212 g/mol. The Bertz CT molecular complexity index is 337. The van der Waals surface area contributed by atoms with Gasteiger partial charge in [0.25, 0.3) is 0 Å². The summed E-state index contributed by atoms with van der Waals surface area (Å²) >= 11 is 5.25. The van der Waals surface area contributed by atoms with Gasteiger partial charge in [-0.05, 0) is 38.4 Å². The molecule has 0 aliphatic rings. The first-order valence-electron chi connectivity index (χ1n) is 5.32. The minimum Gasteiger partial charge on any atom is -0.337 e. The number of aryl methyl sites for hydroxylation is 1. The van der Waals surface area contributed by atoms with E-state index < -0.39 is 0 Å². The van der Waals surface area contributed by atoms with Gasteiger partial charge in [-0.3, -0.25) is 0 Å². The third-order valence-corrected chi connectivity index (χ3v) is 3.20. The van der Waals surface area contributed by atoms with Crippen molar-refractivity contribution < 1.29 is 0 Å². The normalized spacial score (nSPS) is 15.4. The van der Waals surface area contributed by atoms with Gasteiger partial charge in [-0.1, -0.05) is 20.3 Å². The molecule has 0 radical (unpaired) electrons. The average Bonchev–Trinajstić information content (AvgIpc) is 2.46. The van der Waals surface area contributed by atoms with Crippen LogP contribution in [0, 0.1) is 17.6 Å². The zero-order chi connectivity index (χ0) is 10.7. The molecule has 2 atom stereocenters. The lowest BCUT2D eigenvalue weighted by molar-refractivity contribution is 0.392. The Morgan fingerprint density at radius 1 is 1.50 bits per heavy atom. The number of aromatic nitrogens is 2. The molecule has 2 nitrogen and oxygen atoms in total. The van der Waals surface area contributed by atoms with Crippen molar-refractivity contribution in [1.82, 2.24) is 9.55 Å². The molecule has 1 heterocycles. The van der Waals surface area contributed by atoms with Gasteiger partial charge in [-0.15, -0.1) is 0 Å². The van der Waals surface area contributed by atoms with Crippen LogP contribution in [0.1, 0.15) is 45.3 Å². The van der Waals surface area contributed by atoms with Gasteiger partial charge in [0.05, 0.1) is 0 Å². The van der Waals surface area contributed by atoms with Crippen molar-refractivity contribution >= 4 is 12.2 Å². The summed E-state index contributed by atoms with van der Waals surface area (Å²) in [5, 5.41) is 0. The first-order chi connectivity index (χ1) is 6.56. The molecule has 14 heavy (non-hydrogen) atoms. The minimum absolute atomic E-state index is 0.503. The van der Waals surface area contributed by atoms with E-state index in [2.05, 4.69) is 37.2 Å². The zero-order valence-electron chi connectivity index (χ0n) is 9.50. The molecular weight excluding hydrogens is 192 g/mol. The highest BCUT2D eigenvalue weighted by atomic mass is 32.1. The number of hydrogen-bond donors (Lipinski definition) is 1. The molecule has 1 N–H and O–H groups in total. The van der Waals surface area contributed by atoms with Gasteiger partial charge >= 0.3 is 0 Å².